The second kappa shape index (κ2) is 6.12. The topological polar surface area (TPSA) is 24.9 Å². The zero-order valence-corrected chi connectivity index (χ0v) is 12.4. The number of alkyl halides is 3. The molecule has 1 heterocycles. The monoisotopic (exact) mass is 334 g/mol. The molecule has 0 radical (unpaired) electrons. The van der Waals surface area contributed by atoms with Crippen LogP contribution in [0.2, 0.25) is 10.0 Å². The Morgan fingerprint density at radius 3 is 2.38 bits per heavy atom. The van der Waals surface area contributed by atoms with Gasteiger partial charge < -0.3 is 5.32 Å². The van der Waals surface area contributed by atoms with Crippen molar-refractivity contribution in [3.8, 4) is 0 Å². The van der Waals surface area contributed by atoms with E-state index in [-0.39, 0.29) is 16.9 Å². The summed E-state index contributed by atoms with van der Waals surface area (Å²) in [6.45, 7) is 1.82. The van der Waals surface area contributed by atoms with Gasteiger partial charge in [-0.15, -0.1) is 0 Å². The van der Waals surface area contributed by atoms with Crippen LogP contribution in [0.3, 0.4) is 0 Å². The van der Waals surface area contributed by atoms with E-state index in [1.165, 1.54) is 0 Å². The second-order valence-corrected chi connectivity index (χ2v) is 5.25. The highest BCUT2D eigenvalue weighted by molar-refractivity contribution is 6.33. The third-order valence-electron chi connectivity index (χ3n) is 2.89. The molecule has 21 heavy (non-hydrogen) atoms. The standard InChI is InChI=1S/C14H11Cl2F3N2/c1-8(10-4-2-3-5-11(10)15)21-13-12(16)6-9(7-20-13)14(17,18)19/h2-8H,1H3,(H,20,21). The Labute approximate surface area is 129 Å². The minimum atomic E-state index is -4.47. The molecular weight excluding hydrogens is 324 g/mol. The van der Waals surface area contributed by atoms with Crippen LogP contribution in [0.1, 0.15) is 24.1 Å². The predicted molar refractivity (Wildman–Crippen MR) is 77.7 cm³/mol. The van der Waals surface area contributed by atoms with E-state index in [0.717, 1.165) is 17.8 Å². The molecule has 2 aromatic rings. The smallest absolute Gasteiger partial charge is 0.362 e. The first-order valence-corrected chi connectivity index (χ1v) is 6.78. The number of hydrogen-bond donors (Lipinski definition) is 1. The maximum atomic E-state index is 12.5. The molecule has 1 aromatic carbocycles. The minimum absolute atomic E-state index is 0.0938. The molecule has 7 heteroatoms. The Morgan fingerprint density at radius 2 is 1.81 bits per heavy atom. The fourth-order valence-corrected chi connectivity index (χ4v) is 2.33. The maximum absolute atomic E-state index is 12.5. The SMILES string of the molecule is CC(Nc1ncc(C(F)(F)F)cc1Cl)c1ccccc1Cl. The first kappa shape index (κ1) is 15.9. The van der Waals surface area contributed by atoms with Gasteiger partial charge in [-0.25, -0.2) is 4.98 Å². The van der Waals surface area contributed by atoms with Gasteiger partial charge in [-0.05, 0) is 24.6 Å². The molecule has 2 rings (SSSR count). The average molecular weight is 335 g/mol. The first-order chi connectivity index (χ1) is 9.79. The van der Waals surface area contributed by atoms with Crippen LogP contribution in [0.15, 0.2) is 36.5 Å². The molecule has 0 fully saturated rings. The van der Waals surface area contributed by atoms with E-state index in [9.17, 15) is 13.2 Å². The van der Waals surface area contributed by atoms with Crippen molar-refractivity contribution in [3.05, 3.63) is 57.7 Å². The van der Waals surface area contributed by atoms with Crippen LogP contribution in [-0.4, -0.2) is 4.98 Å². The largest absolute Gasteiger partial charge is 0.417 e. The number of rotatable bonds is 3. The number of benzene rings is 1. The van der Waals surface area contributed by atoms with Crippen molar-refractivity contribution < 1.29 is 13.2 Å². The van der Waals surface area contributed by atoms with E-state index < -0.39 is 11.7 Å². The molecule has 1 unspecified atom stereocenters. The van der Waals surface area contributed by atoms with Gasteiger partial charge in [-0.1, -0.05) is 41.4 Å². The summed E-state index contributed by atoms with van der Waals surface area (Å²) >= 11 is 11.9. The molecule has 2 nitrogen and oxygen atoms in total. The number of halogens is 5. The van der Waals surface area contributed by atoms with Crippen LogP contribution >= 0.6 is 23.2 Å². The van der Waals surface area contributed by atoms with Gasteiger partial charge in [0, 0.05) is 11.2 Å². The van der Waals surface area contributed by atoms with Crippen molar-refractivity contribution >= 4 is 29.0 Å². The molecule has 0 bridgehead atoms. The average Bonchev–Trinajstić information content (AvgIpc) is 2.40. The molecule has 0 saturated carbocycles. The van der Waals surface area contributed by atoms with Crippen molar-refractivity contribution in [2.45, 2.75) is 19.1 Å². The lowest BCUT2D eigenvalue weighted by molar-refractivity contribution is -0.137. The van der Waals surface area contributed by atoms with Crippen molar-refractivity contribution in [2.75, 3.05) is 5.32 Å². The molecule has 0 aliphatic heterocycles. The Morgan fingerprint density at radius 1 is 1.14 bits per heavy atom. The van der Waals surface area contributed by atoms with Gasteiger partial charge in [0.15, 0.2) is 0 Å². The minimum Gasteiger partial charge on any atom is -0.362 e. The molecule has 1 atom stereocenters. The first-order valence-electron chi connectivity index (χ1n) is 6.02. The Kier molecular flexibility index (Phi) is 4.64. The third kappa shape index (κ3) is 3.80. The van der Waals surface area contributed by atoms with Gasteiger partial charge in [-0.3, -0.25) is 0 Å². The fourth-order valence-electron chi connectivity index (χ4n) is 1.81. The summed E-state index contributed by atoms with van der Waals surface area (Å²) in [7, 11) is 0. The number of hydrogen-bond acceptors (Lipinski definition) is 2. The predicted octanol–water partition coefficient (Wildman–Crippen LogP) is 5.58. The van der Waals surface area contributed by atoms with Crippen molar-refractivity contribution in [1.82, 2.24) is 4.98 Å². The van der Waals surface area contributed by atoms with Crippen molar-refractivity contribution in [3.63, 3.8) is 0 Å². The molecule has 1 aromatic heterocycles. The Bertz CT molecular complexity index is 644. The van der Waals surface area contributed by atoms with Crippen LogP contribution < -0.4 is 5.32 Å². The van der Waals surface area contributed by atoms with E-state index in [4.69, 9.17) is 23.2 Å². The van der Waals surface area contributed by atoms with Crippen LogP contribution in [0.25, 0.3) is 0 Å². The lowest BCUT2D eigenvalue weighted by Crippen LogP contribution is -2.11. The van der Waals surface area contributed by atoms with Gasteiger partial charge in [0.05, 0.1) is 16.6 Å². The Hall–Kier alpha value is -1.46. The van der Waals surface area contributed by atoms with Gasteiger partial charge in [0.2, 0.25) is 0 Å². The summed E-state index contributed by atoms with van der Waals surface area (Å²) in [5, 5.41) is 3.41. The Balaban J connectivity index is 2.23. The summed E-state index contributed by atoms with van der Waals surface area (Å²) in [5.74, 6) is 0.178. The summed E-state index contributed by atoms with van der Waals surface area (Å²) in [5.41, 5.74) is -0.0830. The van der Waals surface area contributed by atoms with E-state index in [0.29, 0.717) is 5.02 Å². The second-order valence-electron chi connectivity index (χ2n) is 4.44. The molecular formula is C14H11Cl2F3N2. The highest BCUT2D eigenvalue weighted by Gasteiger charge is 2.31. The zero-order valence-electron chi connectivity index (χ0n) is 10.9. The zero-order chi connectivity index (χ0) is 15.6. The molecule has 112 valence electrons. The third-order valence-corrected chi connectivity index (χ3v) is 3.53. The molecule has 0 amide bonds. The number of pyridine rings is 1. The van der Waals surface area contributed by atoms with Crippen molar-refractivity contribution in [1.29, 1.82) is 0 Å². The van der Waals surface area contributed by atoms with Crippen molar-refractivity contribution in [2.24, 2.45) is 0 Å². The number of nitrogens with one attached hydrogen (secondary N) is 1. The lowest BCUT2D eigenvalue weighted by Gasteiger charge is -2.17. The van der Waals surface area contributed by atoms with Gasteiger partial charge in [0.1, 0.15) is 5.82 Å². The number of nitrogens with zero attached hydrogens (tertiary/aromatic N) is 1. The normalized spacial score (nSPS) is 13.0. The number of aromatic nitrogens is 1. The van der Waals surface area contributed by atoms with Gasteiger partial charge in [0.25, 0.3) is 0 Å². The van der Waals surface area contributed by atoms with Crippen LogP contribution in [-0.2, 0) is 6.18 Å². The molecule has 1 N–H and O–H groups in total. The summed E-state index contributed by atoms with van der Waals surface area (Å²) in [6.07, 6.45) is -3.73. The number of anilines is 1. The fraction of sp³-hybridized carbons (Fsp3) is 0.214. The lowest BCUT2D eigenvalue weighted by atomic mass is 10.1. The highest BCUT2D eigenvalue weighted by Crippen LogP contribution is 2.33. The summed E-state index contributed by atoms with van der Waals surface area (Å²) in [4.78, 5) is 3.73. The molecule has 0 aliphatic carbocycles. The van der Waals surface area contributed by atoms with E-state index in [1.807, 2.05) is 19.1 Å². The quantitative estimate of drug-likeness (QED) is 0.792. The molecule has 0 saturated heterocycles. The summed E-state index contributed by atoms with van der Waals surface area (Å²) in [6, 6.07) is 7.76. The van der Waals surface area contributed by atoms with Crippen LogP contribution in [0.5, 0.6) is 0 Å². The van der Waals surface area contributed by atoms with Gasteiger partial charge >= 0.3 is 6.18 Å². The van der Waals surface area contributed by atoms with E-state index in [2.05, 4.69) is 10.3 Å². The van der Waals surface area contributed by atoms with Crippen LogP contribution in [0.4, 0.5) is 19.0 Å². The van der Waals surface area contributed by atoms with Crippen LogP contribution in [0, 0.1) is 0 Å². The molecule has 0 spiro atoms. The van der Waals surface area contributed by atoms with Gasteiger partial charge in [-0.2, -0.15) is 13.2 Å². The highest BCUT2D eigenvalue weighted by atomic mass is 35.5. The maximum Gasteiger partial charge on any atom is 0.417 e. The van der Waals surface area contributed by atoms with E-state index in [1.54, 1.807) is 12.1 Å². The van der Waals surface area contributed by atoms with E-state index >= 15 is 0 Å². The molecule has 0 aliphatic rings. The summed E-state index contributed by atoms with van der Waals surface area (Å²) < 4.78 is 37.6.